The van der Waals surface area contributed by atoms with Gasteiger partial charge < -0.3 is 5.32 Å². The molecule has 1 aliphatic rings. The number of benzene rings is 1. The van der Waals surface area contributed by atoms with E-state index >= 15 is 0 Å². The second kappa shape index (κ2) is 7.67. The van der Waals surface area contributed by atoms with Gasteiger partial charge in [-0.25, -0.2) is 10.9 Å². The van der Waals surface area contributed by atoms with Crippen molar-refractivity contribution in [3.05, 3.63) is 35.9 Å². The molecule has 0 bridgehead atoms. The lowest BCUT2D eigenvalue weighted by Crippen LogP contribution is -2.64. The van der Waals surface area contributed by atoms with Gasteiger partial charge in [-0.1, -0.05) is 44.2 Å². The van der Waals surface area contributed by atoms with Gasteiger partial charge in [0.1, 0.15) is 11.5 Å². The van der Waals surface area contributed by atoms with Gasteiger partial charge in [-0.05, 0) is 30.1 Å². The fourth-order valence-electron chi connectivity index (χ4n) is 2.01. The molecular weight excluding hydrogens is 270 g/mol. The zero-order valence-corrected chi connectivity index (χ0v) is 12.9. The molecule has 1 aromatic rings. The predicted octanol–water partition coefficient (Wildman–Crippen LogP) is 1.88. The molecule has 1 aromatic carbocycles. The van der Waals surface area contributed by atoms with E-state index in [4.69, 9.17) is 0 Å². The zero-order chi connectivity index (χ0) is 14.4. The summed E-state index contributed by atoms with van der Waals surface area (Å²) < 4.78 is 0. The lowest BCUT2D eigenvalue weighted by atomic mass is 10.1. The molecule has 1 fully saturated rings. The Balaban J connectivity index is 1.76. The fourth-order valence-corrected chi connectivity index (χ4v) is 3.20. The van der Waals surface area contributed by atoms with E-state index in [0.717, 1.165) is 17.7 Å². The lowest BCUT2D eigenvalue weighted by Gasteiger charge is -2.31. The monoisotopic (exact) mass is 293 g/mol. The van der Waals surface area contributed by atoms with Gasteiger partial charge in [-0.2, -0.15) is 0 Å². The quantitative estimate of drug-likeness (QED) is 0.750. The van der Waals surface area contributed by atoms with Gasteiger partial charge in [-0.3, -0.25) is 4.79 Å². The molecule has 2 rings (SSSR count). The maximum atomic E-state index is 12.1. The molecule has 0 spiro atoms. The van der Waals surface area contributed by atoms with Crippen LogP contribution in [0.15, 0.2) is 30.3 Å². The third kappa shape index (κ3) is 4.81. The lowest BCUT2D eigenvalue weighted by molar-refractivity contribution is -0.125. The van der Waals surface area contributed by atoms with Gasteiger partial charge >= 0.3 is 0 Å². The van der Waals surface area contributed by atoms with Crippen LogP contribution in [-0.2, 0) is 11.2 Å². The maximum absolute atomic E-state index is 12.1. The molecule has 1 aliphatic heterocycles. The maximum Gasteiger partial charge on any atom is 0.240 e. The summed E-state index contributed by atoms with van der Waals surface area (Å²) in [4.78, 5) is 12.1. The van der Waals surface area contributed by atoms with Crippen molar-refractivity contribution in [2.45, 2.75) is 38.2 Å². The van der Waals surface area contributed by atoms with Crippen LogP contribution in [0.2, 0.25) is 0 Å². The van der Waals surface area contributed by atoms with Crippen LogP contribution in [0, 0.1) is 5.92 Å². The molecule has 5 heteroatoms. The van der Waals surface area contributed by atoms with Crippen molar-refractivity contribution >= 4 is 17.7 Å². The van der Waals surface area contributed by atoms with E-state index in [1.165, 1.54) is 0 Å². The van der Waals surface area contributed by atoms with Gasteiger partial charge in [0.25, 0.3) is 0 Å². The molecular formula is C15H23N3OS. The first-order valence-electron chi connectivity index (χ1n) is 7.12. The van der Waals surface area contributed by atoms with E-state index in [1.54, 1.807) is 11.8 Å². The smallest absolute Gasteiger partial charge is 0.240 e. The van der Waals surface area contributed by atoms with E-state index in [-0.39, 0.29) is 17.4 Å². The highest BCUT2D eigenvalue weighted by molar-refractivity contribution is 7.99. The van der Waals surface area contributed by atoms with E-state index in [2.05, 4.69) is 30.0 Å². The summed E-state index contributed by atoms with van der Waals surface area (Å²) in [6.07, 6.45) is 1.86. The topological polar surface area (TPSA) is 53.2 Å². The highest BCUT2D eigenvalue weighted by Crippen LogP contribution is 2.14. The second-order valence-corrected chi connectivity index (χ2v) is 6.69. The van der Waals surface area contributed by atoms with E-state index in [9.17, 15) is 4.79 Å². The summed E-state index contributed by atoms with van der Waals surface area (Å²) in [5.74, 6) is 1.80. The average molecular weight is 293 g/mol. The van der Waals surface area contributed by atoms with E-state index < -0.39 is 0 Å². The van der Waals surface area contributed by atoms with E-state index in [0.29, 0.717) is 12.3 Å². The molecule has 0 saturated carbocycles. The van der Waals surface area contributed by atoms with Crippen LogP contribution in [0.3, 0.4) is 0 Å². The van der Waals surface area contributed by atoms with Crippen molar-refractivity contribution in [1.29, 1.82) is 0 Å². The summed E-state index contributed by atoms with van der Waals surface area (Å²) in [5, 5.41) is 3.01. The highest BCUT2D eigenvalue weighted by atomic mass is 32.2. The number of nitrogens with one attached hydrogen (secondary N) is 3. The Morgan fingerprint density at radius 3 is 2.60 bits per heavy atom. The van der Waals surface area contributed by atoms with Gasteiger partial charge in [0.2, 0.25) is 5.91 Å². The van der Waals surface area contributed by atoms with Crippen LogP contribution in [0.1, 0.15) is 25.8 Å². The van der Waals surface area contributed by atoms with Crippen LogP contribution in [0.4, 0.5) is 0 Å². The number of thioether (sulfide) groups is 1. The summed E-state index contributed by atoms with van der Waals surface area (Å²) in [6.45, 7) is 4.42. The zero-order valence-electron chi connectivity index (χ0n) is 12.1. The number of amides is 1. The fraction of sp³-hybridized carbons (Fsp3) is 0.533. The van der Waals surface area contributed by atoms with Crippen molar-refractivity contribution < 1.29 is 4.79 Å². The number of carbonyl (C=O) groups excluding carboxylic acids is 1. The molecule has 20 heavy (non-hydrogen) atoms. The Kier molecular flexibility index (Phi) is 5.88. The minimum Gasteiger partial charge on any atom is -0.329 e. The second-order valence-electron chi connectivity index (χ2n) is 5.47. The molecule has 1 amide bonds. The molecule has 3 N–H and O–H groups in total. The number of carbonyl (C=O) groups is 1. The van der Waals surface area contributed by atoms with Crippen molar-refractivity contribution in [3.63, 3.8) is 0 Å². The molecule has 110 valence electrons. The number of hydrogen-bond acceptors (Lipinski definition) is 4. The van der Waals surface area contributed by atoms with Crippen molar-refractivity contribution in [3.8, 4) is 0 Å². The van der Waals surface area contributed by atoms with Gasteiger partial charge in [-0.15, -0.1) is 11.8 Å². The average Bonchev–Trinajstić information content (AvgIpc) is 2.42. The number of hydrogen-bond donors (Lipinski definition) is 3. The molecule has 0 aliphatic carbocycles. The van der Waals surface area contributed by atoms with Crippen LogP contribution in [-0.4, -0.2) is 23.2 Å². The Hall–Kier alpha value is -1.04. The number of hydrazine groups is 1. The summed E-state index contributed by atoms with van der Waals surface area (Å²) in [7, 11) is 0. The Labute approximate surface area is 125 Å². The Morgan fingerprint density at radius 1 is 1.20 bits per heavy atom. The molecule has 0 radical (unpaired) electrons. The summed E-state index contributed by atoms with van der Waals surface area (Å²) in [6, 6.07) is 9.84. The predicted molar refractivity (Wildman–Crippen MR) is 84.0 cm³/mol. The third-order valence-electron chi connectivity index (χ3n) is 3.24. The standard InChI is InChI=1S/C15H23N3OS/c1-11(2)8-9-20-15-16-14(19)13(17-18-15)10-12-6-4-3-5-7-12/h3-7,11,13,15,17-18H,8-10H2,1-2H3,(H,16,19). The largest absolute Gasteiger partial charge is 0.329 e. The Bertz CT molecular complexity index is 424. The first-order chi connectivity index (χ1) is 9.65. The van der Waals surface area contributed by atoms with Gasteiger partial charge in [0, 0.05) is 0 Å². The molecule has 2 atom stereocenters. The van der Waals surface area contributed by atoms with Crippen molar-refractivity contribution in [1.82, 2.24) is 16.2 Å². The van der Waals surface area contributed by atoms with Crippen LogP contribution in [0.5, 0.6) is 0 Å². The molecule has 0 aromatic heterocycles. The highest BCUT2D eigenvalue weighted by Gasteiger charge is 2.27. The molecule has 4 nitrogen and oxygen atoms in total. The first-order valence-corrected chi connectivity index (χ1v) is 8.17. The van der Waals surface area contributed by atoms with Crippen LogP contribution < -0.4 is 16.2 Å². The van der Waals surface area contributed by atoms with Crippen LogP contribution >= 0.6 is 11.8 Å². The third-order valence-corrected chi connectivity index (χ3v) is 4.28. The van der Waals surface area contributed by atoms with Gasteiger partial charge in [0.05, 0.1) is 0 Å². The minimum absolute atomic E-state index is 0.0340. The number of rotatable bonds is 6. The van der Waals surface area contributed by atoms with Crippen LogP contribution in [0.25, 0.3) is 0 Å². The minimum atomic E-state index is -0.209. The van der Waals surface area contributed by atoms with E-state index in [1.807, 2.05) is 30.3 Å². The van der Waals surface area contributed by atoms with Crippen molar-refractivity contribution in [2.24, 2.45) is 5.92 Å². The normalized spacial score (nSPS) is 22.9. The molecule has 1 heterocycles. The Morgan fingerprint density at radius 2 is 1.95 bits per heavy atom. The van der Waals surface area contributed by atoms with Crippen molar-refractivity contribution in [2.75, 3.05) is 5.75 Å². The molecule has 1 saturated heterocycles. The first kappa shape index (κ1) is 15.4. The molecule has 2 unspecified atom stereocenters. The van der Waals surface area contributed by atoms with Gasteiger partial charge in [0.15, 0.2) is 0 Å². The summed E-state index contributed by atoms with van der Waals surface area (Å²) in [5.41, 5.74) is 7.42. The summed E-state index contributed by atoms with van der Waals surface area (Å²) >= 11 is 1.73. The SMILES string of the molecule is CC(C)CCSC1NNC(Cc2ccccc2)C(=O)N1.